The number of aliphatic hydroxyl groups excluding tert-OH is 3. The average Bonchev–Trinajstić information content (AvgIpc) is 3.18. The molecule has 1 saturated heterocycles. The monoisotopic (exact) mass is 892 g/mol. The van der Waals surface area contributed by atoms with E-state index >= 15 is 0 Å². The number of ether oxygens (including phenoxy) is 7. The summed E-state index contributed by atoms with van der Waals surface area (Å²) < 4.78 is 38.2. The van der Waals surface area contributed by atoms with Gasteiger partial charge in [-0.2, -0.15) is 0 Å². The molecule has 0 bridgehead atoms. The lowest BCUT2D eigenvalue weighted by Crippen LogP contribution is -2.68. The zero-order chi connectivity index (χ0) is 45.3. The van der Waals surface area contributed by atoms with Crippen molar-refractivity contribution in [1.29, 1.82) is 0 Å². The Balaban J connectivity index is 1.60. The minimum Gasteiger partial charge on any atom is -0.477 e. The minimum absolute atomic E-state index is 0.0411. The summed E-state index contributed by atoms with van der Waals surface area (Å²) in [7, 11) is 0. The summed E-state index contributed by atoms with van der Waals surface area (Å²) in [6.45, 7) is 9.28. The molecule has 0 unspecified atom stereocenters. The van der Waals surface area contributed by atoms with Gasteiger partial charge in [-0.3, -0.25) is 14.4 Å². The molecule has 20 nitrogen and oxygen atoms in total. The van der Waals surface area contributed by atoms with Gasteiger partial charge in [0.15, 0.2) is 0 Å². The highest BCUT2D eigenvalue weighted by atomic mass is 35.5. The van der Waals surface area contributed by atoms with E-state index in [2.05, 4.69) is 21.3 Å². The number of nitrogens with one attached hydrogen (secondary N) is 4. The Morgan fingerprint density at radius 3 is 2.02 bits per heavy atom. The number of unbranched alkanes of at least 4 members (excludes halogenated alkanes) is 2. The number of carbonyl (C=O) groups excluding carboxylic acids is 4. The van der Waals surface area contributed by atoms with E-state index in [9.17, 15) is 44.4 Å². The Kier molecular flexibility index (Phi) is 25.2. The van der Waals surface area contributed by atoms with Crippen molar-refractivity contribution in [3.63, 3.8) is 0 Å². The Labute approximate surface area is 361 Å². The molecular formula is C40H65ClN4O16. The molecule has 1 aliphatic rings. The number of hydrogen-bond acceptors (Lipinski definition) is 15. The molecule has 0 spiro atoms. The van der Waals surface area contributed by atoms with Crippen molar-refractivity contribution in [2.75, 3.05) is 79.1 Å². The van der Waals surface area contributed by atoms with E-state index < -0.39 is 78.7 Å². The molecule has 0 radical (unpaired) electrons. The van der Waals surface area contributed by atoms with Crippen molar-refractivity contribution < 1.29 is 77.6 Å². The molecule has 0 saturated carbocycles. The first-order chi connectivity index (χ1) is 28.9. The molecule has 8 N–H and O–H groups in total. The summed E-state index contributed by atoms with van der Waals surface area (Å²) in [6.07, 6.45) is -6.31. The zero-order valence-corrected chi connectivity index (χ0v) is 36.2. The lowest BCUT2D eigenvalue weighted by atomic mass is 9.88. The van der Waals surface area contributed by atoms with Gasteiger partial charge in [-0.15, -0.1) is 0 Å². The van der Waals surface area contributed by atoms with E-state index in [1.54, 1.807) is 45.0 Å². The number of aliphatic carboxylic acids is 1. The van der Waals surface area contributed by atoms with Crippen molar-refractivity contribution in [1.82, 2.24) is 21.3 Å². The van der Waals surface area contributed by atoms with Gasteiger partial charge in [0.25, 0.3) is 5.79 Å². The lowest BCUT2D eigenvalue weighted by Gasteiger charge is -2.46. The van der Waals surface area contributed by atoms with Crippen LogP contribution in [0.1, 0.15) is 65.4 Å². The predicted molar refractivity (Wildman–Crippen MR) is 219 cm³/mol. The maximum atomic E-state index is 12.5. The number of rotatable bonds is 30. The van der Waals surface area contributed by atoms with E-state index in [0.29, 0.717) is 89.2 Å². The van der Waals surface area contributed by atoms with Crippen LogP contribution in [0.2, 0.25) is 5.02 Å². The van der Waals surface area contributed by atoms with Crippen LogP contribution < -0.4 is 21.3 Å². The van der Waals surface area contributed by atoms with Gasteiger partial charge < -0.3 is 74.9 Å². The summed E-state index contributed by atoms with van der Waals surface area (Å²) in [5.41, 5.74) is 0.0955. The summed E-state index contributed by atoms with van der Waals surface area (Å²) in [4.78, 5) is 60.6. The van der Waals surface area contributed by atoms with Crippen LogP contribution in [0, 0.1) is 0 Å². The van der Waals surface area contributed by atoms with Gasteiger partial charge in [0, 0.05) is 44.4 Å². The normalized spacial score (nSPS) is 20.0. The van der Waals surface area contributed by atoms with Crippen LogP contribution >= 0.6 is 11.6 Å². The van der Waals surface area contributed by atoms with Gasteiger partial charge in [0.2, 0.25) is 17.7 Å². The Hall–Kier alpha value is -3.70. The molecule has 1 aromatic rings. The molecule has 61 heavy (non-hydrogen) atoms. The van der Waals surface area contributed by atoms with E-state index in [4.69, 9.17) is 44.8 Å². The standard InChI is InChI=1S/C40H65ClN4O16/c1-27(46)45-34-30(47)25-40(37(52)53,60-36(34)35(51)31(48)26-44-33(50)24-28-8-10-29(41)11-9-28)59-15-7-5-6-13-42-32(49)12-16-55-18-20-57-22-23-58-21-19-56-17-14-43-38(54)61-39(2,3)4/h8-11,30-31,34-36,47-48,51H,5-7,12-26H2,1-4H3,(H,42,49)(H,43,54)(H,44,50)(H,45,46)(H,52,53)/t30-,31+,34+,35+,36+,40+/m0/s1. The van der Waals surface area contributed by atoms with Gasteiger partial charge in [0.05, 0.1) is 84.1 Å². The van der Waals surface area contributed by atoms with Crippen LogP contribution in [0.5, 0.6) is 0 Å². The average molecular weight is 893 g/mol. The maximum absolute atomic E-state index is 12.5. The number of benzene rings is 1. The first-order valence-corrected chi connectivity index (χ1v) is 20.7. The quantitative estimate of drug-likeness (QED) is 0.0487. The molecule has 6 atom stereocenters. The smallest absolute Gasteiger partial charge is 0.407 e. The van der Waals surface area contributed by atoms with E-state index in [-0.39, 0.29) is 32.0 Å². The van der Waals surface area contributed by atoms with Gasteiger partial charge in [-0.25, -0.2) is 9.59 Å². The fourth-order valence-electron chi connectivity index (χ4n) is 5.78. The van der Waals surface area contributed by atoms with Gasteiger partial charge in [0.1, 0.15) is 17.8 Å². The van der Waals surface area contributed by atoms with Crippen LogP contribution in [0.15, 0.2) is 24.3 Å². The first-order valence-electron chi connectivity index (χ1n) is 20.3. The second-order valence-electron chi connectivity index (χ2n) is 15.2. The number of halogens is 1. The fourth-order valence-corrected chi connectivity index (χ4v) is 5.91. The number of aliphatic hydroxyl groups is 3. The second kappa shape index (κ2) is 28.8. The van der Waals surface area contributed by atoms with E-state index in [0.717, 1.165) is 6.92 Å². The number of hydrogen-bond donors (Lipinski definition) is 8. The van der Waals surface area contributed by atoms with Crippen LogP contribution in [0.4, 0.5) is 4.79 Å². The van der Waals surface area contributed by atoms with Crippen molar-refractivity contribution in [2.24, 2.45) is 0 Å². The Morgan fingerprint density at radius 1 is 0.820 bits per heavy atom. The van der Waals surface area contributed by atoms with Crippen LogP contribution in [-0.2, 0) is 58.8 Å². The molecule has 1 fully saturated rings. The van der Waals surface area contributed by atoms with Crippen LogP contribution in [-0.4, -0.2) is 171 Å². The summed E-state index contributed by atoms with van der Waals surface area (Å²) in [6, 6.07) is 5.24. The minimum atomic E-state index is -2.43. The molecule has 4 amide bonds. The third-order valence-electron chi connectivity index (χ3n) is 8.77. The Bertz CT molecular complexity index is 1470. The molecule has 1 aliphatic heterocycles. The third kappa shape index (κ3) is 22.8. The Morgan fingerprint density at radius 2 is 1.43 bits per heavy atom. The molecule has 21 heteroatoms. The molecule has 1 aromatic carbocycles. The molecule has 1 heterocycles. The van der Waals surface area contributed by atoms with Gasteiger partial charge in [-0.1, -0.05) is 23.7 Å². The van der Waals surface area contributed by atoms with Gasteiger partial charge in [-0.05, 0) is 57.7 Å². The van der Waals surface area contributed by atoms with Crippen molar-refractivity contribution in [3.8, 4) is 0 Å². The topological polar surface area (TPSA) is 279 Å². The SMILES string of the molecule is CC(=O)N[C@H]1[C@H]([C@H](O)[C@H](O)CNC(=O)Cc2ccc(Cl)cc2)O[C@@](OCCCCCNC(=O)CCOCCOCCOCCOCCNC(=O)OC(C)(C)C)(C(=O)O)C[C@@H]1O. The molecule has 0 aromatic heterocycles. The largest absolute Gasteiger partial charge is 0.477 e. The van der Waals surface area contributed by atoms with Crippen molar-refractivity contribution in [2.45, 2.75) is 108 Å². The molecule has 0 aliphatic carbocycles. The number of amides is 4. The highest BCUT2D eigenvalue weighted by Crippen LogP contribution is 2.34. The number of carboxylic acids is 1. The highest BCUT2D eigenvalue weighted by molar-refractivity contribution is 6.30. The number of alkyl carbamates (subject to hydrolysis) is 1. The molecule has 348 valence electrons. The lowest BCUT2D eigenvalue weighted by molar-refractivity contribution is -0.310. The van der Waals surface area contributed by atoms with E-state index in [1.807, 2.05) is 0 Å². The molecule has 2 rings (SSSR count). The van der Waals surface area contributed by atoms with Gasteiger partial charge >= 0.3 is 12.1 Å². The van der Waals surface area contributed by atoms with Crippen LogP contribution in [0.3, 0.4) is 0 Å². The number of carboxylic acid groups (broad SMARTS) is 1. The summed E-state index contributed by atoms with van der Waals surface area (Å²) >= 11 is 5.88. The second-order valence-corrected chi connectivity index (χ2v) is 15.6. The maximum Gasteiger partial charge on any atom is 0.407 e. The number of carbonyl (C=O) groups is 5. The zero-order valence-electron chi connectivity index (χ0n) is 35.5. The van der Waals surface area contributed by atoms with E-state index in [1.165, 1.54) is 0 Å². The predicted octanol–water partition coefficient (Wildman–Crippen LogP) is 0.440. The highest BCUT2D eigenvalue weighted by Gasteiger charge is 2.55. The third-order valence-corrected chi connectivity index (χ3v) is 9.02. The van der Waals surface area contributed by atoms with Crippen molar-refractivity contribution >= 4 is 41.4 Å². The summed E-state index contributed by atoms with van der Waals surface area (Å²) in [5, 5.41) is 53.7. The first kappa shape index (κ1) is 53.4. The molecular weight excluding hydrogens is 828 g/mol. The van der Waals surface area contributed by atoms with Crippen LogP contribution in [0.25, 0.3) is 0 Å². The summed E-state index contributed by atoms with van der Waals surface area (Å²) in [5.74, 6) is -5.30. The fraction of sp³-hybridized carbons (Fsp3) is 0.725. The van der Waals surface area contributed by atoms with Crippen molar-refractivity contribution in [3.05, 3.63) is 34.9 Å².